The van der Waals surface area contributed by atoms with E-state index >= 15 is 0 Å². The highest BCUT2D eigenvalue weighted by atomic mass is 19.4. The first kappa shape index (κ1) is 16.8. The predicted molar refractivity (Wildman–Crippen MR) is 66.8 cm³/mol. The van der Waals surface area contributed by atoms with Gasteiger partial charge in [0, 0.05) is 5.56 Å². The molecule has 1 aromatic carbocycles. The number of para-hydroxylation sites is 1. The average molecular weight is 305 g/mol. The Balaban J connectivity index is 3.08. The van der Waals surface area contributed by atoms with Crippen LogP contribution in [0, 0.1) is 0 Å². The molecule has 1 aromatic rings. The Morgan fingerprint density at radius 1 is 1.33 bits per heavy atom. The van der Waals surface area contributed by atoms with Crippen molar-refractivity contribution in [2.75, 3.05) is 6.61 Å². The molecule has 0 radical (unpaired) electrons. The van der Waals surface area contributed by atoms with Gasteiger partial charge in [-0.1, -0.05) is 18.2 Å². The Morgan fingerprint density at radius 3 is 2.48 bits per heavy atom. The molecule has 0 aliphatic carbocycles. The minimum Gasteiger partial charge on any atom is -0.494 e. The van der Waals surface area contributed by atoms with Crippen molar-refractivity contribution >= 4 is 11.9 Å². The zero-order valence-corrected chi connectivity index (χ0v) is 11.1. The second-order valence-corrected chi connectivity index (χ2v) is 4.09. The molecule has 0 aliphatic heterocycles. The van der Waals surface area contributed by atoms with Crippen LogP contribution in [0.3, 0.4) is 0 Å². The van der Waals surface area contributed by atoms with E-state index in [0.717, 1.165) is 0 Å². The largest absolute Gasteiger partial charge is 0.494 e. The molecule has 1 rings (SSSR count). The average Bonchev–Trinajstić information content (AvgIpc) is 2.37. The minimum atomic E-state index is -5.09. The van der Waals surface area contributed by atoms with E-state index in [2.05, 4.69) is 0 Å². The number of rotatable bonds is 6. The van der Waals surface area contributed by atoms with E-state index in [9.17, 15) is 22.8 Å². The van der Waals surface area contributed by atoms with Crippen molar-refractivity contribution < 1.29 is 32.6 Å². The number of aliphatic carboxylic acids is 1. The normalized spacial score (nSPS) is 12.6. The number of hydrogen-bond donors (Lipinski definition) is 2. The highest BCUT2D eigenvalue weighted by Crippen LogP contribution is 2.28. The number of halogens is 3. The fourth-order valence-electron chi connectivity index (χ4n) is 1.71. The molecule has 2 N–H and O–H groups in total. The van der Waals surface area contributed by atoms with E-state index in [1.165, 1.54) is 18.2 Å². The standard InChI is InChI=1S/C13H14F3NO4/c1-2-21-10-6-4-3-5-8(10)9(7-11(18)19)17-12(20)13(14,15)16/h3-6,9H,2,7H2,1H3,(H,17,20)(H,18,19)/t9-/m0/s1. The number of carboxylic acid groups (broad SMARTS) is 1. The molecule has 21 heavy (non-hydrogen) atoms. The van der Waals surface area contributed by atoms with E-state index in [4.69, 9.17) is 9.84 Å². The van der Waals surface area contributed by atoms with Crippen LogP contribution < -0.4 is 10.1 Å². The van der Waals surface area contributed by atoms with Gasteiger partial charge in [0.1, 0.15) is 5.75 Å². The van der Waals surface area contributed by atoms with E-state index in [1.807, 2.05) is 0 Å². The summed E-state index contributed by atoms with van der Waals surface area (Å²) in [5.74, 6) is -3.30. The van der Waals surface area contributed by atoms with Crippen molar-refractivity contribution in [2.45, 2.75) is 25.6 Å². The van der Waals surface area contributed by atoms with E-state index < -0.39 is 30.5 Å². The quantitative estimate of drug-likeness (QED) is 0.845. The third-order valence-corrected chi connectivity index (χ3v) is 2.54. The number of nitrogens with one attached hydrogen (secondary N) is 1. The van der Waals surface area contributed by atoms with Crippen LogP contribution >= 0.6 is 0 Å². The fourth-order valence-corrected chi connectivity index (χ4v) is 1.71. The first-order valence-electron chi connectivity index (χ1n) is 6.07. The number of carboxylic acids is 1. The number of carbonyl (C=O) groups is 2. The molecule has 0 aromatic heterocycles. The molecule has 0 saturated carbocycles. The SMILES string of the molecule is CCOc1ccccc1[C@H](CC(=O)O)NC(=O)C(F)(F)F. The summed E-state index contributed by atoms with van der Waals surface area (Å²) in [5.41, 5.74) is 0.180. The summed E-state index contributed by atoms with van der Waals surface area (Å²) in [6.07, 6.45) is -5.77. The second kappa shape index (κ2) is 6.96. The van der Waals surface area contributed by atoms with Crippen LogP contribution in [0.1, 0.15) is 24.9 Å². The summed E-state index contributed by atoms with van der Waals surface area (Å²) in [7, 11) is 0. The van der Waals surface area contributed by atoms with Gasteiger partial charge in [0.25, 0.3) is 0 Å². The predicted octanol–water partition coefficient (Wildman–Crippen LogP) is 2.28. The summed E-state index contributed by atoms with van der Waals surface area (Å²) in [4.78, 5) is 21.8. The van der Waals surface area contributed by atoms with Crippen molar-refractivity contribution in [3.8, 4) is 5.75 Å². The molecule has 0 unspecified atom stereocenters. The Hall–Kier alpha value is -2.25. The Kier molecular flexibility index (Phi) is 5.57. The van der Waals surface area contributed by atoms with Crippen LogP contribution in [0.2, 0.25) is 0 Å². The summed E-state index contributed by atoms with van der Waals surface area (Å²) in [5, 5.41) is 10.5. The number of hydrogen-bond acceptors (Lipinski definition) is 3. The van der Waals surface area contributed by atoms with Crippen molar-refractivity contribution in [3.63, 3.8) is 0 Å². The molecule has 0 saturated heterocycles. The van der Waals surface area contributed by atoms with Crippen LogP contribution in [0.25, 0.3) is 0 Å². The van der Waals surface area contributed by atoms with Gasteiger partial charge in [-0.05, 0) is 13.0 Å². The first-order valence-corrected chi connectivity index (χ1v) is 6.07. The van der Waals surface area contributed by atoms with Crippen LogP contribution in [0.4, 0.5) is 13.2 Å². The van der Waals surface area contributed by atoms with Crippen LogP contribution in [0.15, 0.2) is 24.3 Å². The van der Waals surface area contributed by atoms with Gasteiger partial charge in [-0.3, -0.25) is 9.59 Å². The van der Waals surface area contributed by atoms with Crippen LogP contribution in [-0.2, 0) is 9.59 Å². The number of alkyl halides is 3. The second-order valence-electron chi connectivity index (χ2n) is 4.09. The fraction of sp³-hybridized carbons (Fsp3) is 0.385. The van der Waals surface area contributed by atoms with Crippen molar-refractivity contribution in [1.82, 2.24) is 5.32 Å². The lowest BCUT2D eigenvalue weighted by Crippen LogP contribution is -2.40. The lowest BCUT2D eigenvalue weighted by atomic mass is 10.0. The molecule has 0 aliphatic rings. The molecular weight excluding hydrogens is 291 g/mol. The van der Waals surface area contributed by atoms with Crippen molar-refractivity contribution in [2.24, 2.45) is 0 Å². The molecule has 0 spiro atoms. The van der Waals surface area contributed by atoms with Gasteiger partial charge in [0.15, 0.2) is 0 Å². The maximum Gasteiger partial charge on any atom is 0.471 e. The Morgan fingerprint density at radius 2 is 1.95 bits per heavy atom. The third-order valence-electron chi connectivity index (χ3n) is 2.54. The monoisotopic (exact) mass is 305 g/mol. The molecule has 1 amide bonds. The number of ether oxygens (including phenoxy) is 1. The summed E-state index contributed by atoms with van der Waals surface area (Å²) in [6, 6.07) is 4.69. The Bertz CT molecular complexity index is 516. The number of carbonyl (C=O) groups excluding carboxylic acids is 1. The first-order chi connectivity index (χ1) is 9.75. The zero-order chi connectivity index (χ0) is 16.0. The molecule has 0 fully saturated rings. The van der Waals surface area contributed by atoms with Crippen molar-refractivity contribution in [3.05, 3.63) is 29.8 Å². The number of amides is 1. The summed E-state index contributed by atoms with van der Waals surface area (Å²) < 4.78 is 42.2. The van der Waals surface area contributed by atoms with Gasteiger partial charge >= 0.3 is 18.1 Å². The van der Waals surface area contributed by atoms with E-state index in [-0.39, 0.29) is 17.9 Å². The zero-order valence-electron chi connectivity index (χ0n) is 11.1. The van der Waals surface area contributed by atoms with Crippen molar-refractivity contribution in [1.29, 1.82) is 0 Å². The third kappa shape index (κ3) is 4.97. The highest BCUT2D eigenvalue weighted by molar-refractivity contribution is 5.83. The minimum absolute atomic E-state index is 0.180. The molecule has 8 heteroatoms. The lowest BCUT2D eigenvalue weighted by Gasteiger charge is -2.21. The van der Waals surface area contributed by atoms with E-state index in [0.29, 0.717) is 0 Å². The van der Waals surface area contributed by atoms with Gasteiger partial charge < -0.3 is 15.2 Å². The molecule has 1 atom stereocenters. The molecule has 0 bridgehead atoms. The topological polar surface area (TPSA) is 75.6 Å². The molecule has 5 nitrogen and oxygen atoms in total. The molecular formula is C13H14F3NO4. The van der Waals surface area contributed by atoms with Crippen LogP contribution in [-0.4, -0.2) is 29.8 Å². The highest BCUT2D eigenvalue weighted by Gasteiger charge is 2.40. The maximum absolute atomic E-state index is 12.3. The Labute approximate surface area is 118 Å². The number of benzene rings is 1. The molecule has 116 valence electrons. The molecule has 0 heterocycles. The van der Waals surface area contributed by atoms with Crippen LogP contribution in [0.5, 0.6) is 5.75 Å². The smallest absolute Gasteiger partial charge is 0.471 e. The van der Waals surface area contributed by atoms with Gasteiger partial charge in [0.2, 0.25) is 0 Å². The van der Waals surface area contributed by atoms with Gasteiger partial charge in [-0.2, -0.15) is 13.2 Å². The lowest BCUT2D eigenvalue weighted by molar-refractivity contribution is -0.174. The van der Waals surface area contributed by atoms with E-state index in [1.54, 1.807) is 18.3 Å². The van der Waals surface area contributed by atoms with Gasteiger partial charge in [-0.15, -0.1) is 0 Å². The van der Waals surface area contributed by atoms with Gasteiger partial charge in [-0.25, -0.2) is 0 Å². The maximum atomic E-state index is 12.3. The van der Waals surface area contributed by atoms with Gasteiger partial charge in [0.05, 0.1) is 19.1 Å². The summed E-state index contributed by atoms with van der Waals surface area (Å²) in [6.45, 7) is 1.93. The summed E-state index contributed by atoms with van der Waals surface area (Å²) >= 11 is 0.